The molecule has 0 spiro atoms. The number of hydrogen-bond donors (Lipinski definition) is 1. The maximum atomic E-state index is 12.9. The maximum Gasteiger partial charge on any atom is 0.304 e. The third-order valence-electron chi connectivity index (χ3n) is 4.78. The Morgan fingerprint density at radius 2 is 1.72 bits per heavy atom. The van der Waals surface area contributed by atoms with Crippen molar-refractivity contribution < 1.29 is 13.2 Å². The standard InChI is InChI=1S/C22H31N3O3S/c1-17-11-12-18(2)21(15-17)25(29(27,28)24(4)5)16-22(26)23-19(3)13-14-20-9-7-6-8-10-20/h6-12,15,19H,13-14,16H2,1-5H3,(H,23,26)/t19-/m1/s1. The van der Waals surface area contributed by atoms with Crippen LogP contribution in [0, 0.1) is 13.8 Å². The zero-order valence-electron chi connectivity index (χ0n) is 17.8. The van der Waals surface area contributed by atoms with Crippen LogP contribution in [0.15, 0.2) is 48.5 Å². The van der Waals surface area contributed by atoms with Crippen LogP contribution in [-0.2, 0) is 21.4 Å². The molecule has 0 unspecified atom stereocenters. The second-order valence-corrected chi connectivity index (χ2v) is 9.65. The van der Waals surface area contributed by atoms with Crippen LogP contribution >= 0.6 is 0 Å². The third-order valence-corrected chi connectivity index (χ3v) is 6.58. The van der Waals surface area contributed by atoms with Crippen molar-refractivity contribution in [2.24, 2.45) is 0 Å². The van der Waals surface area contributed by atoms with Gasteiger partial charge in [-0.3, -0.25) is 4.79 Å². The highest BCUT2D eigenvalue weighted by Gasteiger charge is 2.28. The summed E-state index contributed by atoms with van der Waals surface area (Å²) in [6.07, 6.45) is 1.62. The molecule has 0 aromatic heterocycles. The zero-order chi connectivity index (χ0) is 21.6. The number of nitrogens with zero attached hydrogens (tertiary/aromatic N) is 2. The highest BCUT2D eigenvalue weighted by atomic mass is 32.2. The lowest BCUT2D eigenvalue weighted by Gasteiger charge is -2.29. The smallest absolute Gasteiger partial charge is 0.304 e. The Kier molecular flexibility index (Phi) is 7.81. The average Bonchev–Trinajstić information content (AvgIpc) is 2.67. The summed E-state index contributed by atoms with van der Waals surface area (Å²) in [6.45, 7) is 5.41. The molecule has 2 rings (SSSR count). The van der Waals surface area contributed by atoms with E-state index in [1.165, 1.54) is 24.0 Å². The molecule has 1 amide bonds. The van der Waals surface area contributed by atoms with Crippen molar-refractivity contribution in [2.75, 3.05) is 24.9 Å². The molecular weight excluding hydrogens is 386 g/mol. The zero-order valence-corrected chi connectivity index (χ0v) is 18.7. The molecule has 0 aliphatic heterocycles. The minimum atomic E-state index is -3.81. The molecule has 2 aromatic rings. The Balaban J connectivity index is 2.12. The predicted molar refractivity (Wildman–Crippen MR) is 118 cm³/mol. The number of aryl methyl sites for hydroxylation is 3. The second kappa shape index (κ2) is 9.89. The molecular formula is C22H31N3O3S. The first-order valence-corrected chi connectivity index (χ1v) is 11.1. The fourth-order valence-electron chi connectivity index (χ4n) is 3.03. The molecule has 0 radical (unpaired) electrons. The second-order valence-electron chi connectivity index (χ2n) is 7.58. The molecule has 0 aliphatic rings. The van der Waals surface area contributed by atoms with Crippen LogP contribution in [0.5, 0.6) is 0 Å². The Labute approximate surface area is 174 Å². The van der Waals surface area contributed by atoms with Gasteiger partial charge in [-0.1, -0.05) is 42.5 Å². The molecule has 158 valence electrons. The van der Waals surface area contributed by atoms with E-state index >= 15 is 0 Å². The molecule has 2 aromatic carbocycles. The van der Waals surface area contributed by atoms with Gasteiger partial charge in [0.2, 0.25) is 5.91 Å². The number of rotatable bonds is 9. The van der Waals surface area contributed by atoms with Gasteiger partial charge in [0.05, 0.1) is 5.69 Å². The molecule has 0 aliphatic carbocycles. The predicted octanol–water partition coefficient (Wildman–Crippen LogP) is 3.05. The molecule has 6 nitrogen and oxygen atoms in total. The molecule has 7 heteroatoms. The first-order chi connectivity index (χ1) is 13.6. The molecule has 0 fully saturated rings. The summed E-state index contributed by atoms with van der Waals surface area (Å²) in [5, 5.41) is 2.93. The van der Waals surface area contributed by atoms with E-state index in [1.54, 1.807) is 6.07 Å². The highest BCUT2D eigenvalue weighted by molar-refractivity contribution is 7.90. The van der Waals surface area contributed by atoms with E-state index in [0.717, 1.165) is 28.3 Å². The van der Waals surface area contributed by atoms with Crippen LogP contribution in [0.25, 0.3) is 0 Å². The monoisotopic (exact) mass is 417 g/mol. The minimum Gasteiger partial charge on any atom is -0.352 e. The number of amides is 1. The van der Waals surface area contributed by atoms with Gasteiger partial charge >= 0.3 is 10.2 Å². The lowest BCUT2D eigenvalue weighted by atomic mass is 10.1. The van der Waals surface area contributed by atoms with Crippen molar-refractivity contribution in [3.8, 4) is 0 Å². The van der Waals surface area contributed by atoms with Crippen molar-refractivity contribution in [2.45, 2.75) is 39.7 Å². The topological polar surface area (TPSA) is 69.7 Å². The summed E-state index contributed by atoms with van der Waals surface area (Å²) in [7, 11) is -0.879. The van der Waals surface area contributed by atoms with E-state index < -0.39 is 10.2 Å². The summed E-state index contributed by atoms with van der Waals surface area (Å²) >= 11 is 0. The number of nitrogens with one attached hydrogen (secondary N) is 1. The van der Waals surface area contributed by atoms with Crippen molar-refractivity contribution in [3.63, 3.8) is 0 Å². The normalized spacial score (nSPS) is 12.6. The van der Waals surface area contributed by atoms with Crippen molar-refractivity contribution in [1.29, 1.82) is 0 Å². The molecule has 0 bridgehead atoms. The van der Waals surface area contributed by atoms with Crippen LogP contribution in [0.2, 0.25) is 0 Å². The van der Waals surface area contributed by atoms with Gasteiger partial charge in [-0.2, -0.15) is 12.7 Å². The summed E-state index contributed by atoms with van der Waals surface area (Å²) in [5.41, 5.74) is 3.46. The summed E-state index contributed by atoms with van der Waals surface area (Å²) < 4.78 is 28.1. The van der Waals surface area contributed by atoms with E-state index in [4.69, 9.17) is 0 Å². The summed E-state index contributed by atoms with van der Waals surface area (Å²) in [5.74, 6) is -0.322. The molecule has 0 saturated heterocycles. The number of benzene rings is 2. The molecule has 0 saturated carbocycles. The van der Waals surface area contributed by atoms with E-state index in [-0.39, 0.29) is 18.5 Å². The van der Waals surface area contributed by atoms with Crippen molar-refractivity contribution in [3.05, 3.63) is 65.2 Å². The lowest BCUT2D eigenvalue weighted by molar-refractivity contribution is -0.120. The summed E-state index contributed by atoms with van der Waals surface area (Å²) in [4.78, 5) is 12.7. The average molecular weight is 418 g/mol. The maximum absolute atomic E-state index is 12.9. The van der Waals surface area contributed by atoms with Gasteiger partial charge in [-0.25, -0.2) is 4.31 Å². The van der Waals surface area contributed by atoms with E-state index in [9.17, 15) is 13.2 Å². The van der Waals surface area contributed by atoms with E-state index in [1.807, 2.05) is 51.1 Å². The number of anilines is 1. The Hall–Kier alpha value is -2.38. The fraction of sp³-hybridized carbons (Fsp3) is 0.409. The number of hydrogen-bond acceptors (Lipinski definition) is 3. The van der Waals surface area contributed by atoms with Crippen LogP contribution in [0.4, 0.5) is 5.69 Å². The fourth-order valence-corrected chi connectivity index (χ4v) is 4.15. The van der Waals surface area contributed by atoms with Crippen LogP contribution in [0.3, 0.4) is 0 Å². The van der Waals surface area contributed by atoms with Crippen molar-refractivity contribution in [1.82, 2.24) is 9.62 Å². The molecule has 29 heavy (non-hydrogen) atoms. The Morgan fingerprint density at radius 1 is 1.07 bits per heavy atom. The van der Waals surface area contributed by atoms with Gasteiger partial charge < -0.3 is 5.32 Å². The van der Waals surface area contributed by atoms with Crippen LogP contribution < -0.4 is 9.62 Å². The minimum absolute atomic E-state index is 0.0646. The first kappa shape index (κ1) is 22.9. The number of carbonyl (C=O) groups is 1. The largest absolute Gasteiger partial charge is 0.352 e. The SMILES string of the molecule is Cc1ccc(C)c(N(CC(=O)N[C@H](C)CCc2ccccc2)S(=O)(=O)N(C)C)c1. The lowest BCUT2D eigenvalue weighted by Crippen LogP contribution is -2.47. The molecule has 0 heterocycles. The quantitative estimate of drug-likeness (QED) is 0.682. The van der Waals surface area contributed by atoms with Gasteiger partial charge in [0, 0.05) is 20.1 Å². The number of carbonyl (C=O) groups excluding carboxylic acids is 1. The van der Waals surface area contributed by atoms with Gasteiger partial charge in [-0.05, 0) is 56.4 Å². The van der Waals surface area contributed by atoms with E-state index in [2.05, 4.69) is 17.4 Å². The van der Waals surface area contributed by atoms with E-state index in [0.29, 0.717) is 5.69 Å². The first-order valence-electron chi connectivity index (χ1n) is 9.72. The highest BCUT2D eigenvalue weighted by Crippen LogP contribution is 2.25. The summed E-state index contributed by atoms with van der Waals surface area (Å²) in [6, 6.07) is 15.6. The Bertz CT molecular complexity index is 928. The van der Waals surface area contributed by atoms with Gasteiger partial charge in [0.1, 0.15) is 6.54 Å². The van der Waals surface area contributed by atoms with Gasteiger partial charge in [0.15, 0.2) is 0 Å². The Morgan fingerprint density at radius 3 is 2.34 bits per heavy atom. The van der Waals surface area contributed by atoms with Gasteiger partial charge in [-0.15, -0.1) is 0 Å². The third kappa shape index (κ3) is 6.30. The van der Waals surface area contributed by atoms with Crippen LogP contribution in [0.1, 0.15) is 30.0 Å². The molecule has 1 atom stereocenters. The van der Waals surface area contributed by atoms with Crippen LogP contribution in [-0.4, -0.2) is 45.3 Å². The molecule has 1 N–H and O–H groups in total. The van der Waals surface area contributed by atoms with Crippen molar-refractivity contribution >= 4 is 21.8 Å². The van der Waals surface area contributed by atoms with Gasteiger partial charge in [0.25, 0.3) is 0 Å².